The number of rotatable bonds is 6. The summed E-state index contributed by atoms with van der Waals surface area (Å²) in [5.41, 5.74) is -0.375. The number of carbonyl (C=O) groups excluding carboxylic acids is 2. The van der Waals surface area contributed by atoms with Crippen LogP contribution < -0.4 is 5.32 Å². The molecule has 0 radical (unpaired) electrons. The molecular formula is C20H31NO5. The molecule has 2 atom stereocenters. The third-order valence-electron chi connectivity index (χ3n) is 3.16. The SMILES string of the molecule is C[C@@H](OCc1ccccc1)[C@H](NC(=O)OC(C)(C)C)C(=O)OC(C)(C)C. The number of esters is 1. The summed E-state index contributed by atoms with van der Waals surface area (Å²) >= 11 is 0. The van der Waals surface area contributed by atoms with E-state index in [2.05, 4.69) is 5.32 Å². The van der Waals surface area contributed by atoms with E-state index in [0.717, 1.165) is 5.56 Å². The molecule has 0 unspecified atom stereocenters. The van der Waals surface area contributed by atoms with Crippen LogP contribution in [0.4, 0.5) is 4.79 Å². The van der Waals surface area contributed by atoms with Crippen molar-refractivity contribution in [2.45, 2.75) is 78.4 Å². The van der Waals surface area contributed by atoms with Crippen LogP contribution in [0.25, 0.3) is 0 Å². The van der Waals surface area contributed by atoms with Crippen molar-refractivity contribution in [2.24, 2.45) is 0 Å². The Morgan fingerprint density at radius 1 is 0.962 bits per heavy atom. The summed E-state index contributed by atoms with van der Waals surface area (Å²) in [4.78, 5) is 24.7. The third-order valence-corrected chi connectivity index (χ3v) is 3.16. The Bertz CT molecular complexity index is 586. The molecule has 0 saturated heterocycles. The van der Waals surface area contributed by atoms with Crippen LogP contribution in [-0.4, -0.2) is 35.4 Å². The number of amides is 1. The first-order chi connectivity index (χ1) is 11.9. The molecule has 0 aliphatic rings. The maximum atomic E-state index is 12.5. The lowest BCUT2D eigenvalue weighted by atomic mass is 10.1. The lowest BCUT2D eigenvalue weighted by Gasteiger charge is -2.29. The summed E-state index contributed by atoms with van der Waals surface area (Å²) in [6.45, 7) is 12.6. The number of hydrogen-bond acceptors (Lipinski definition) is 5. The Kier molecular flexibility index (Phi) is 7.63. The van der Waals surface area contributed by atoms with Gasteiger partial charge in [-0.3, -0.25) is 0 Å². The molecule has 6 nitrogen and oxygen atoms in total. The van der Waals surface area contributed by atoms with E-state index < -0.39 is 35.4 Å². The summed E-state index contributed by atoms with van der Waals surface area (Å²) in [6, 6.07) is 8.61. The normalized spacial score (nSPS) is 14.3. The zero-order chi connectivity index (χ0) is 20.0. The molecule has 0 aromatic heterocycles. The van der Waals surface area contributed by atoms with Gasteiger partial charge in [0.2, 0.25) is 0 Å². The van der Waals surface area contributed by atoms with Crippen LogP contribution in [0, 0.1) is 0 Å². The Morgan fingerprint density at radius 3 is 2.00 bits per heavy atom. The van der Waals surface area contributed by atoms with Crippen LogP contribution in [0.1, 0.15) is 54.0 Å². The second-order valence-corrected chi connectivity index (χ2v) is 8.16. The molecule has 0 spiro atoms. The van der Waals surface area contributed by atoms with Crippen molar-refractivity contribution in [3.63, 3.8) is 0 Å². The van der Waals surface area contributed by atoms with E-state index >= 15 is 0 Å². The zero-order valence-corrected chi connectivity index (χ0v) is 16.8. The van der Waals surface area contributed by atoms with Gasteiger partial charge in [0.05, 0.1) is 12.7 Å². The van der Waals surface area contributed by atoms with E-state index in [1.54, 1.807) is 48.5 Å². The predicted molar refractivity (Wildman–Crippen MR) is 99.7 cm³/mol. The van der Waals surface area contributed by atoms with Crippen molar-refractivity contribution in [3.8, 4) is 0 Å². The summed E-state index contributed by atoms with van der Waals surface area (Å²) in [5.74, 6) is -0.566. The first-order valence-electron chi connectivity index (χ1n) is 8.75. The molecule has 0 saturated carbocycles. The van der Waals surface area contributed by atoms with Crippen molar-refractivity contribution in [2.75, 3.05) is 0 Å². The Balaban J connectivity index is 2.81. The predicted octanol–water partition coefficient (Wildman–Crippen LogP) is 3.83. The lowest BCUT2D eigenvalue weighted by molar-refractivity contribution is -0.161. The number of alkyl carbamates (subject to hydrolysis) is 1. The van der Waals surface area contributed by atoms with E-state index in [4.69, 9.17) is 14.2 Å². The molecule has 0 aliphatic heterocycles. The first-order valence-corrected chi connectivity index (χ1v) is 8.75. The van der Waals surface area contributed by atoms with Crippen molar-refractivity contribution < 1.29 is 23.8 Å². The summed E-state index contributed by atoms with van der Waals surface area (Å²) < 4.78 is 16.4. The Hall–Kier alpha value is -2.08. The van der Waals surface area contributed by atoms with Gasteiger partial charge in [0.25, 0.3) is 0 Å². The fraction of sp³-hybridized carbons (Fsp3) is 0.600. The Morgan fingerprint density at radius 2 is 1.50 bits per heavy atom. The third kappa shape index (κ3) is 8.85. The highest BCUT2D eigenvalue weighted by Gasteiger charge is 2.33. The molecule has 1 amide bonds. The molecule has 6 heteroatoms. The second-order valence-electron chi connectivity index (χ2n) is 8.16. The standard InChI is InChI=1S/C20H31NO5/c1-14(24-13-15-11-9-8-10-12-15)16(17(22)25-19(2,3)4)21-18(23)26-20(5,6)7/h8-12,14,16H,13H2,1-7H3,(H,21,23)/t14-,16+/m1/s1. The molecule has 0 bridgehead atoms. The van der Waals surface area contributed by atoms with Crippen LogP contribution in [0.3, 0.4) is 0 Å². The van der Waals surface area contributed by atoms with Gasteiger partial charge in [-0.25, -0.2) is 9.59 Å². The number of carbonyl (C=O) groups is 2. The highest BCUT2D eigenvalue weighted by atomic mass is 16.6. The number of hydrogen-bond donors (Lipinski definition) is 1. The maximum absolute atomic E-state index is 12.5. The van der Waals surface area contributed by atoms with Crippen LogP contribution in [-0.2, 0) is 25.6 Å². The molecule has 0 heterocycles. The molecule has 26 heavy (non-hydrogen) atoms. The molecule has 1 aromatic carbocycles. The van der Waals surface area contributed by atoms with Gasteiger partial charge in [-0.05, 0) is 54.0 Å². The fourth-order valence-electron chi connectivity index (χ4n) is 2.07. The van der Waals surface area contributed by atoms with Gasteiger partial charge in [0.1, 0.15) is 11.2 Å². The van der Waals surface area contributed by atoms with Crippen molar-refractivity contribution >= 4 is 12.1 Å². The quantitative estimate of drug-likeness (QED) is 0.776. The van der Waals surface area contributed by atoms with Gasteiger partial charge in [0, 0.05) is 0 Å². The topological polar surface area (TPSA) is 73.9 Å². The Labute approximate surface area is 156 Å². The van der Waals surface area contributed by atoms with Crippen molar-refractivity contribution in [1.29, 1.82) is 0 Å². The van der Waals surface area contributed by atoms with E-state index in [9.17, 15) is 9.59 Å². The van der Waals surface area contributed by atoms with E-state index in [-0.39, 0.29) is 0 Å². The van der Waals surface area contributed by atoms with Gasteiger partial charge >= 0.3 is 12.1 Å². The van der Waals surface area contributed by atoms with Crippen LogP contribution in [0.2, 0.25) is 0 Å². The molecule has 0 aliphatic carbocycles. The first kappa shape index (κ1) is 22.0. The van der Waals surface area contributed by atoms with Gasteiger partial charge in [-0.1, -0.05) is 30.3 Å². The molecule has 0 fully saturated rings. The van der Waals surface area contributed by atoms with Crippen molar-refractivity contribution in [1.82, 2.24) is 5.32 Å². The molecular weight excluding hydrogens is 334 g/mol. The summed E-state index contributed by atoms with van der Waals surface area (Å²) in [5, 5.41) is 2.57. The minimum atomic E-state index is -0.979. The maximum Gasteiger partial charge on any atom is 0.408 e. The van der Waals surface area contributed by atoms with E-state index in [1.807, 2.05) is 30.3 Å². The minimum absolute atomic E-state index is 0.317. The van der Waals surface area contributed by atoms with E-state index in [0.29, 0.717) is 6.61 Å². The zero-order valence-electron chi connectivity index (χ0n) is 16.8. The second kappa shape index (κ2) is 9.03. The van der Waals surface area contributed by atoms with Gasteiger partial charge < -0.3 is 19.5 Å². The average molecular weight is 365 g/mol. The lowest BCUT2D eigenvalue weighted by Crippen LogP contribution is -2.52. The van der Waals surface area contributed by atoms with Crippen molar-refractivity contribution in [3.05, 3.63) is 35.9 Å². The highest BCUT2D eigenvalue weighted by Crippen LogP contribution is 2.14. The number of nitrogens with one attached hydrogen (secondary N) is 1. The van der Waals surface area contributed by atoms with Gasteiger partial charge in [0.15, 0.2) is 6.04 Å². The fourth-order valence-corrected chi connectivity index (χ4v) is 2.07. The van der Waals surface area contributed by atoms with Gasteiger partial charge in [-0.15, -0.1) is 0 Å². The number of benzene rings is 1. The van der Waals surface area contributed by atoms with Gasteiger partial charge in [-0.2, -0.15) is 0 Å². The largest absolute Gasteiger partial charge is 0.458 e. The number of ether oxygens (including phenoxy) is 3. The smallest absolute Gasteiger partial charge is 0.408 e. The summed E-state index contributed by atoms with van der Waals surface area (Å²) in [6.07, 6.45) is -1.29. The molecule has 1 rings (SSSR count). The monoisotopic (exact) mass is 365 g/mol. The molecule has 1 aromatic rings. The average Bonchev–Trinajstić information content (AvgIpc) is 2.47. The van der Waals surface area contributed by atoms with E-state index in [1.165, 1.54) is 0 Å². The van der Waals surface area contributed by atoms with Crippen LogP contribution in [0.15, 0.2) is 30.3 Å². The summed E-state index contributed by atoms with van der Waals surface area (Å²) in [7, 11) is 0. The minimum Gasteiger partial charge on any atom is -0.458 e. The van der Waals surface area contributed by atoms with Crippen LogP contribution in [0.5, 0.6) is 0 Å². The van der Waals surface area contributed by atoms with Crippen LogP contribution >= 0.6 is 0 Å². The highest BCUT2D eigenvalue weighted by molar-refractivity contribution is 5.82. The molecule has 1 N–H and O–H groups in total. The molecule has 146 valence electrons.